The maximum absolute atomic E-state index is 5.57. The highest BCUT2D eigenvalue weighted by Crippen LogP contribution is 2.35. The lowest BCUT2D eigenvalue weighted by atomic mass is 10.0. The number of benzene rings is 2. The topological polar surface area (TPSA) is 51.5 Å². The van der Waals surface area contributed by atoms with Crippen LogP contribution in [0, 0.1) is 0 Å². The Morgan fingerprint density at radius 3 is 2.48 bits per heavy atom. The lowest BCUT2D eigenvalue weighted by Crippen LogP contribution is -2.46. The third kappa shape index (κ3) is 4.28. The molecule has 1 unspecified atom stereocenters. The van der Waals surface area contributed by atoms with Crippen LogP contribution < -0.4 is 14.8 Å². The van der Waals surface area contributed by atoms with Crippen molar-refractivity contribution < 1.29 is 9.47 Å². The van der Waals surface area contributed by atoms with Gasteiger partial charge < -0.3 is 19.4 Å². The summed E-state index contributed by atoms with van der Waals surface area (Å²) in [5.41, 5.74) is 2.42. The molecule has 1 aromatic heterocycles. The summed E-state index contributed by atoms with van der Waals surface area (Å²) >= 11 is 0. The molecule has 2 aromatic carbocycles. The second kappa shape index (κ2) is 9.11. The van der Waals surface area contributed by atoms with Gasteiger partial charge in [0.1, 0.15) is 5.82 Å². The summed E-state index contributed by atoms with van der Waals surface area (Å²) in [4.78, 5) is 7.28. The van der Waals surface area contributed by atoms with E-state index in [1.807, 2.05) is 18.3 Å². The van der Waals surface area contributed by atoms with Gasteiger partial charge in [-0.15, -0.1) is 0 Å². The molecular weight excluding hydrogens is 364 g/mol. The molecule has 1 aliphatic heterocycles. The van der Waals surface area contributed by atoms with Crippen LogP contribution in [0.25, 0.3) is 0 Å². The largest absolute Gasteiger partial charge is 0.493 e. The molecule has 29 heavy (non-hydrogen) atoms. The highest BCUT2D eigenvalue weighted by atomic mass is 16.5. The number of hydrogen-bond donors (Lipinski definition) is 1. The molecule has 6 heteroatoms. The zero-order valence-corrected chi connectivity index (χ0v) is 17.0. The first kappa shape index (κ1) is 19.5. The number of imidazole rings is 1. The van der Waals surface area contributed by atoms with Crippen LogP contribution in [0.1, 0.15) is 23.0 Å². The van der Waals surface area contributed by atoms with E-state index in [9.17, 15) is 0 Å². The van der Waals surface area contributed by atoms with Gasteiger partial charge in [-0.25, -0.2) is 4.98 Å². The maximum atomic E-state index is 5.57. The van der Waals surface area contributed by atoms with Gasteiger partial charge in [-0.05, 0) is 23.3 Å². The Morgan fingerprint density at radius 2 is 1.76 bits per heavy atom. The first-order valence-electron chi connectivity index (χ1n) is 10.0. The van der Waals surface area contributed by atoms with Crippen molar-refractivity contribution in [2.45, 2.75) is 12.6 Å². The molecule has 1 atom stereocenters. The Hall–Kier alpha value is -2.83. The van der Waals surface area contributed by atoms with Gasteiger partial charge in [-0.2, -0.15) is 0 Å². The van der Waals surface area contributed by atoms with Crippen molar-refractivity contribution in [3.05, 3.63) is 77.9 Å². The van der Waals surface area contributed by atoms with Crippen molar-refractivity contribution in [2.24, 2.45) is 0 Å². The van der Waals surface area contributed by atoms with E-state index in [1.54, 1.807) is 14.2 Å². The van der Waals surface area contributed by atoms with Crippen LogP contribution in [0.4, 0.5) is 0 Å². The number of ether oxygens (including phenoxy) is 2. The molecular formula is C23H28N4O2. The second-order valence-electron chi connectivity index (χ2n) is 7.20. The molecule has 1 N–H and O–H groups in total. The van der Waals surface area contributed by atoms with E-state index in [2.05, 4.69) is 57.4 Å². The van der Waals surface area contributed by atoms with Crippen LogP contribution in [0.2, 0.25) is 0 Å². The fourth-order valence-corrected chi connectivity index (χ4v) is 3.97. The minimum absolute atomic E-state index is 0.0515. The maximum Gasteiger partial charge on any atom is 0.161 e. The predicted molar refractivity (Wildman–Crippen MR) is 114 cm³/mol. The highest BCUT2D eigenvalue weighted by Gasteiger charge is 2.28. The van der Waals surface area contributed by atoms with Crippen molar-refractivity contribution >= 4 is 0 Å². The van der Waals surface area contributed by atoms with Crippen molar-refractivity contribution in [1.29, 1.82) is 0 Å². The number of methoxy groups -OCH3 is 2. The van der Waals surface area contributed by atoms with Gasteiger partial charge in [0.2, 0.25) is 0 Å². The summed E-state index contributed by atoms with van der Waals surface area (Å²) < 4.78 is 13.3. The molecule has 0 bridgehead atoms. The number of piperazine rings is 1. The van der Waals surface area contributed by atoms with Gasteiger partial charge >= 0.3 is 0 Å². The quantitative estimate of drug-likeness (QED) is 0.670. The number of nitrogens with one attached hydrogen (secondary N) is 1. The zero-order valence-electron chi connectivity index (χ0n) is 17.0. The summed E-state index contributed by atoms with van der Waals surface area (Å²) in [5, 5.41) is 3.45. The normalized spacial score (nSPS) is 15.8. The van der Waals surface area contributed by atoms with Gasteiger partial charge in [0, 0.05) is 45.1 Å². The Bertz CT molecular complexity index is 920. The van der Waals surface area contributed by atoms with Crippen molar-refractivity contribution in [3.63, 3.8) is 0 Å². The van der Waals surface area contributed by atoms with Gasteiger partial charge in [-0.1, -0.05) is 36.4 Å². The van der Waals surface area contributed by atoms with E-state index in [-0.39, 0.29) is 6.04 Å². The Labute approximate surface area is 172 Å². The molecule has 0 radical (unpaired) electrons. The van der Waals surface area contributed by atoms with Gasteiger partial charge in [0.15, 0.2) is 11.5 Å². The number of aromatic nitrogens is 2. The Morgan fingerprint density at radius 1 is 1.00 bits per heavy atom. The molecule has 4 rings (SSSR count). The number of hydrogen-bond acceptors (Lipinski definition) is 5. The average molecular weight is 393 g/mol. The first-order valence-corrected chi connectivity index (χ1v) is 10.0. The summed E-state index contributed by atoms with van der Waals surface area (Å²) in [7, 11) is 3.34. The average Bonchev–Trinajstić information content (AvgIpc) is 3.23. The van der Waals surface area contributed by atoms with E-state index < -0.39 is 0 Å². The van der Waals surface area contributed by atoms with Crippen molar-refractivity contribution in [1.82, 2.24) is 19.8 Å². The van der Waals surface area contributed by atoms with Gasteiger partial charge in [0.25, 0.3) is 0 Å². The zero-order chi connectivity index (χ0) is 20.1. The fraction of sp³-hybridized carbons (Fsp3) is 0.348. The SMILES string of the molecule is COc1ccc(C(c2nccn2Cc2ccccc2)N2CCNCC2)cc1OC. The van der Waals surface area contributed by atoms with Crippen LogP contribution in [-0.4, -0.2) is 54.8 Å². The smallest absolute Gasteiger partial charge is 0.161 e. The molecule has 0 amide bonds. The van der Waals surface area contributed by atoms with E-state index in [4.69, 9.17) is 14.5 Å². The van der Waals surface area contributed by atoms with Crippen LogP contribution in [0.15, 0.2) is 60.9 Å². The van der Waals surface area contributed by atoms with E-state index in [0.29, 0.717) is 0 Å². The van der Waals surface area contributed by atoms with Crippen LogP contribution in [0.5, 0.6) is 11.5 Å². The van der Waals surface area contributed by atoms with E-state index >= 15 is 0 Å². The first-order chi connectivity index (χ1) is 14.3. The van der Waals surface area contributed by atoms with Crippen LogP contribution in [-0.2, 0) is 6.54 Å². The number of rotatable bonds is 7. The lowest BCUT2D eigenvalue weighted by Gasteiger charge is -2.35. The van der Waals surface area contributed by atoms with Gasteiger partial charge in [0.05, 0.1) is 20.3 Å². The molecule has 3 aromatic rings. The summed E-state index contributed by atoms with van der Waals surface area (Å²) in [6.07, 6.45) is 3.96. The summed E-state index contributed by atoms with van der Waals surface area (Å²) in [6.45, 7) is 4.69. The lowest BCUT2D eigenvalue weighted by molar-refractivity contribution is 0.189. The molecule has 1 fully saturated rings. The Balaban J connectivity index is 1.73. The molecule has 0 spiro atoms. The molecule has 0 aliphatic carbocycles. The molecule has 1 saturated heterocycles. The van der Waals surface area contributed by atoms with Gasteiger partial charge in [-0.3, -0.25) is 4.90 Å². The molecule has 0 saturated carbocycles. The van der Waals surface area contributed by atoms with E-state index in [0.717, 1.165) is 55.6 Å². The monoisotopic (exact) mass is 392 g/mol. The summed E-state index contributed by atoms with van der Waals surface area (Å²) in [6, 6.07) is 16.7. The minimum atomic E-state index is 0.0515. The minimum Gasteiger partial charge on any atom is -0.493 e. The second-order valence-corrected chi connectivity index (χ2v) is 7.20. The highest BCUT2D eigenvalue weighted by molar-refractivity contribution is 5.45. The standard InChI is InChI=1S/C23H28N4O2/c1-28-20-9-8-19(16-21(20)29-2)22(26-13-10-24-11-14-26)23-25-12-15-27(23)17-18-6-4-3-5-7-18/h3-9,12,15-16,22,24H,10-11,13-14,17H2,1-2H3. The Kier molecular flexibility index (Phi) is 6.12. The van der Waals surface area contributed by atoms with Crippen molar-refractivity contribution in [3.8, 4) is 11.5 Å². The van der Waals surface area contributed by atoms with Crippen molar-refractivity contribution in [2.75, 3.05) is 40.4 Å². The van der Waals surface area contributed by atoms with Crippen LogP contribution >= 0.6 is 0 Å². The van der Waals surface area contributed by atoms with E-state index in [1.165, 1.54) is 5.56 Å². The molecule has 6 nitrogen and oxygen atoms in total. The third-order valence-electron chi connectivity index (χ3n) is 5.43. The molecule has 152 valence electrons. The number of nitrogens with zero attached hydrogens (tertiary/aromatic N) is 3. The summed E-state index contributed by atoms with van der Waals surface area (Å²) in [5.74, 6) is 2.53. The van der Waals surface area contributed by atoms with Crippen LogP contribution in [0.3, 0.4) is 0 Å². The fourth-order valence-electron chi connectivity index (χ4n) is 3.97. The molecule has 2 heterocycles. The molecule has 1 aliphatic rings. The predicted octanol–water partition coefficient (Wildman–Crippen LogP) is 2.94. The third-order valence-corrected chi connectivity index (χ3v) is 5.43.